The summed E-state index contributed by atoms with van der Waals surface area (Å²) in [6, 6.07) is 60.3. The molecule has 4 aliphatic rings. The molecule has 0 aliphatic heterocycles. The Balaban J connectivity index is 1.13. The number of nitrogens with zero attached hydrogens (tertiary/aromatic N) is 1. The molecule has 11 rings (SSSR count). The molecule has 4 aliphatic carbocycles. The van der Waals surface area contributed by atoms with Crippen LogP contribution in [0.4, 0.5) is 17.1 Å². The topological polar surface area (TPSA) is 3.24 Å². The SMILES string of the molecule is CSC1C=CCCC1c1ccc(N(c2ccc3c(c2)C(C)(C)c2ccccc2-3)c2ccc3c(c2)C2(c4ccccc4-c4ccccc42)c2ccccc2-3)cc1. The summed E-state index contributed by atoms with van der Waals surface area (Å²) in [6.45, 7) is 4.76. The average Bonchev–Trinajstić information content (AvgIpc) is 3.80. The van der Waals surface area contributed by atoms with Crippen LogP contribution in [0.15, 0.2) is 170 Å². The van der Waals surface area contributed by atoms with Crippen LogP contribution in [0.25, 0.3) is 33.4 Å². The molecule has 2 heteroatoms. The fourth-order valence-electron chi connectivity index (χ4n) is 10.8. The van der Waals surface area contributed by atoms with Gasteiger partial charge in [-0.1, -0.05) is 147 Å². The second-order valence-corrected chi connectivity index (χ2v) is 17.3. The molecule has 7 aromatic rings. The van der Waals surface area contributed by atoms with Crippen molar-refractivity contribution < 1.29 is 0 Å². The van der Waals surface area contributed by atoms with E-state index in [0.717, 1.165) is 6.42 Å². The van der Waals surface area contributed by atoms with Crippen LogP contribution in [0.5, 0.6) is 0 Å². The number of allylic oxidation sites excluding steroid dienone is 1. The van der Waals surface area contributed by atoms with Crippen molar-refractivity contribution in [3.05, 3.63) is 209 Å². The number of anilines is 3. The maximum Gasteiger partial charge on any atom is 0.0726 e. The van der Waals surface area contributed by atoms with Gasteiger partial charge >= 0.3 is 0 Å². The van der Waals surface area contributed by atoms with Crippen LogP contribution in [-0.2, 0) is 10.8 Å². The normalized spacial score (nSPS) is 18.6. The van der Waals surface area contributed by atoms with E-state index in [1.165, 1.54) is 95.8 Å². The lowest BCUT2D eigenvalue weighted by Crippen LogP contribution is -2.26. The monoisotopic (exact) mass is 725 g/mol. The van der Waals surface area contributed by atoms with Gasteiger partial charge in [-0.25, -0.2) is 0 Å². The molecule has 7 aromatic carbocycles. The fraction of sp³-hybridized carbons (Fsp3) is 0.170. The predicted octanol–water partition coefficient (Wildman–Crippen LogP) is 14.0. The van der Waals surface area contributed by atoms with Crippen LogP contribution in [-0.4, -0.2) is 11.5 Å². The van der Waals surface area contributed by atoms with Crippen LogP contribution in [0.3, 0.4) is 0 Å². The van der Waals surface area contributed by atoms with E-state index in [0.29, 0.717) is 11.2 Å². The van der Waals surface area contributed by atoms with Gasteiger partial charge in [0.05, 0.1) is 5.41 Å². The quantitative estimate of drug-likeness (QED) is 0.163. The molecule has 0 saturated heterocycles. The van der Waals surface area contributed by atoms with Crippen LogP contribution in [0.1, 0.15) is 71.6 Å². The van der Waals surface area contributed by atoms with E-state index in [4.69, 9.17) is 0 Å². The molecular formula is C53H43NS. The molecule has 0 bridgehead atoms. The Morgan fingerprint density at radius 3 is 1.51 bits per heavy atom. The van der Waals surface area contributed by atoms with Crippen molar-refractivity contribution in [3.8, 4) is 33.4 Å². The van der Waals surface area contributed by atoms with Gasteiger partial charge < -0.3 is 4.90 Å². The summed E-state index contributed by atoms with van der Waals surface area (Å²) in [4.78, 5) is 2.51. The molecular weight excluding hydrogens is 683 g/mol. The van der Waals surface area contributed by atoms with Gasteiger partial charge in [0.25, 0.3) is 0 Å². The Morgan fingerprint density at radius 1 is 0.491 bits per heavy atom. The third kappa shape index (κ3) is 4.55. The van der Waals surface area contributed by atoms with Crippen LogP contribution < -0.4 is 4.90 Å². The summed E-state index contributed by atoms with van der Waals surface area (Å²) < 4.78 is 0. The lowest BCUT2D eigenvalue weighted by atomic mass is 9.70. The van der Waals surface area contributed by atoms with Crippen molar-refractivity contribution in [3.63, 3.8) is 0 Å². The molecule has 55 heavy (non-hydrogen) atoms. The van der Waals surface area contributed by atoms with Crippen molar-refractivity contribution in [2.45, 2.75) is 48.7 Å². The third-order valence-electron chi connectivity index (χ3n) is 13.3. The van der Waals surface area contributed by atoms with E-state index in [1.54, 1.807) is 0 Å². The van der Waals surface area contributed by atoms with Gasteiger partial charge in [0.1, 0.15) is 0 Å². The third-order valence-corrected chi connectivity index (χ3v) is 14.3. The highest BCUT2D eigenvalue weighted by Crippen LogP contribution is 2.63. The highest BCUT2D eigenvalue weighted by molar-refractivity contribution is 7.99. The fourth-order valence-corrected chi connectivity index (χ4v) is 11.7. The Hall–Kier alpha value is -5.57. The molecule has 0 aromatic heterocycles. The standard InChI is InChI=1S/C53H43NS/c1-52(2)45-19-9-4-15-39(45)43-30-28-36(32-49(43)52)54(35-26-24-34(25-27-35)38-14-8-13-23-51(38)55-3)37-29-31-44-42-18-7-12-22-48(42)53(50(44)33-37)46-20-10-5-16-40(46)41-17-6-11-21-47(41)53/h4-7,9-13,15-33,38,51H,8,14H2,1-3H3. The minimum Gasteiger partial charge on any atom is -0.310 e. The summed E-state index contributed by atoms with van der Waals surface area (Å²) in [5.41, 5.74) is 20.8. The minimum absolute atomic E-state index is 0.0975. The van der Waals surface area contributed by atoms with E-state index in [1.807, 2.05) is 11.8 Å². The molecule has 1 nitrogen and oxygen atoms in total. The summed E-state index contributed by atoms with van der Waals surface area (Å²) >= 11 is 1.97. The number of hydrogen-bond acceptors (Lipinski definition) is 2. The first-order chi connectivity index (χ1) is 27.0. The van der Waals surface area contributed by atoms with Gasteiger partial charge in [0.2, 0.25) is 0 Å². The van der Waals surface area contributed by atoms with Crippen molar-refractivity contribution in [1.82, 2.24) is 0 Å². The molecule has 0 heterocycles. The summed E-state index contributed by atoms with van der Waals surface area (Å²) in [6.07, 6.45) is 9.37. The first-order valence-corrected chi connectivity index (χ1v) is 21.1. The highest BCUT2D eigenvalue weighted by Gasteiger charge is 2.51. The highest BCUT2D eigenvalue weighted by atomic mass is 32.2. The van der Waals surface area contributed by atoms with Gasteiger partial charge in [0, 0.05) is 27.7 Å². The van der Waals surface area contributed by atoms with E-state index < -0.39 is 5.41 Å². The van der Waals surface area contributed by atoms with Crippen molar-refractivity contribution in [1.29, 1.82) is 0 Å². The van der Waals surface area contributed by atoms with Crippen molar-refractivity contribution >= 4 is 28.8 Å². The van der Waals surface area contributed by atoms with Crippen molar-refractivity contribution in [2.24, 2.45) is 0 Å². The summed E-state index contributed by atoms with van der Waals surface area (Å²) in [5.74, 6) is 0.530. The van der Waals surface area contributed by atoms with Crippen LogP contribution in [0, 0.1) is 0 Å². The largest absolute Gasteiger partial charge is 0.310 e. The van der Waals surface area contributed by atoms with E-state index in [-0.39, 0.29) is 5.41 Å². The maximum absolute atomic E-state index is 2.52. The molecule has 266 valence electrons. The van der Waals surface area contributed by atoms with Gasteiger partial charge in [-0.2, -0.15) is 11.8 Å². The summed E-state index contributed by atoms with van der Waals surface area (Å²) in [5, 5.41) is 0.517. The average molecular weight is 726 g/mol. The first kappa shape index (κ1) is 32.8. The smallest absolute Gasteiger partial charge is 0.0726 e. The minimum atomic E-state index is -0.395. The van der Waals surface area contributed by atoms with Crippen LogP contribution >= 0.6 is 11.8 Å². The molecule has 0 N–H and O–H groups in total. The Bertz CT molecular complexity index is 2630. The Kier molecular flexibility index (Phi) is 7.29. The van der Waals surface area contributed by atoms with Crippen molar-refractivity contribution in [2.75, 3.05) is 11.2 Å². The maximum atomic E-state index is 2.52. The number of thioether (sulfide) groups is 1. The molecule has 0 saturated carbocycles. The van der Waals surface area contributed by atoms with E-state index in [2.05, 4.69) is 195 Å². The molecule has 0 fully saturated rings. The second kappa shape index (κ2) is 12.2. The number of rotatable bonds is 5. The molecule has 2 unspecified atom stereocenters. The summed E-state index contributed by atoms with van der Waals surface area (Å²) in [7, 11) is 0. The number of fused-ring (bicyclic) bond motifs is 13. The lowest BCUT2D eigenvalue weighted by Gasteiger charge is -2.33. The first-order valence-electron chi connectivity index (χ1n) is 19.8. The molecule has 0 radical (unpaired) electrons. The van der Waals surface area contributed by atoms with Gasteiger partial charge in [-0.15, -0.1) is 0 Å². The Morgan fingerprint density at radius 2 is 0.945 bits per heavy atom. The zero-order chi connectivity index (χ0) is 36.9. The van der Waals surface area contributed by atoms with Gasteiger partial charge in [-0.05, 0) is 134 Å². The Labute approximate surface area is 329 Å². The number of hydrogen-bond donors (Lipinski definition) is 0. The predicted molar refractivity (Wildman–Crippen MR) is 233 cm³/mol. The van der Waals surface area contributed by atoms with E-state index in [9.17, 15) is 0 Å². The molecule has 2 atom stereocenters. The van der Waals surface area contributed by atoms with Crippen LogP contribution in [0.2, 0.25) is 0 Å². The number of benzene rings is 7. The second-order valence-electron chi connectivity index (χ2n) is 16.3. The zero-order valence-electron chi connectivity index (χ0n) is 31.6. The van der Waals surface area contributed by atoms with Gasteiger partial charge in [-0.3, -0.25) is 0 Å². The van der Waals surface area contributed by atoms with Gasteiger partial charge in [0.15, 0.2) is 0 Å². The molecule has 0 amide bonds. The zero-order valence-corrected chi connectivity index (χ0v) is 32.4. The molecule has 1 spiro atoms. The lowest BCUT2D eigenvalue weighted by molar-refractivity contribution is 0.629. The van der Waals surface area contributed by atoms with E-state index >= 15 is 0 Å².